The van der Waals surface area contributed by atoms with E-state index in [2.05, 4.69) is 39.8 Å². The van der Waals surface area contributed by atoms with Crippen molar-refractivity contribution in [2.75, 3.05) is 0 Å². The van der Waals surface area contributed by atoms with Gasteiger partial charge in [-0.3, -0.25) is 0 Å². The minimum Gasteiger partial charge on any atom is -0.0850 e. The van der Waals surface area contributed by atoms with Crippen LogP contribution in [0, 0.1) is 23.7 Å². The predicted molar refractivity (Wildman–Crippen MR) is 66.7 cm³/mol. The Hall–Kier alpha value is -0.520. The van der Waals surface area contributed by atoms with Crippen LogP contribution in [-0.2, 0) is 0 Å². The van der Waals surface area contributed by atoms with Crippen LogP contribution in [0.2, 0.25) is 0 Å². The van der Waals surface area contributed by atoms with Crippen LogP contribution in [0.4, 0.5) is 0 Å². The molecule has 3 atom stereocenters. The molecule has 0 heteroatoms. The van der Waals surface area contributed by atoms with E-state index >= 15 is 0 Å². The van der Waals surface area contributed by atoms with Crippen LogP contribution in [0.1, 0.15) is 47.0 Å². The van der Waals surface area contributed by atoms with Crippen molar-refractivity contribution in [3.8, 4) is 0 Å². The van der Waals surface area contributed by atoms with E-state index in [1.54, 1.807) is 11.1 Å². The fourth-order valence-corrected chi connectivity index (χ4v) is 3.49. The van der Waals surface area contributed by atoms with Crippen LogP contribution in [-0.4, -0.2) is 0 Å². The highest BCUT2D eigenvalue weighted by Crippen LogP contribution is 2.45. The zero-order chi connectivity index (χ0) is 11.0. The summed E-state index contributed by atoms with van der Waals surface area (Å²) in [7, 11) is 0. The Kier molecular flexibility index (Phi) is 3.04. The number of allylic oxidation sites excluding steroid dienone is 4. The van der Waals surface area contributed by atoms with E-state index in [1.807, 2.05) is 0 Å². The second-order valence-electron chi connectivity index (χ2n) is 5.85. The molecule has 0 bridgehead atoms. The van der Waals surface area contributed by atoms with Crippen molar-refractivity contribution in [3.63, 3.8) is 0 Å². The maximum absolute atomic E-state index is 2.50. The van der Waals surface area contributed by atoms with Crippen molar-refractivity contribution in [1.82, 2.24) is 0 Å². The zero-order valence-electron chi connectivity index (χ0n) is 10.6. The Morgan fingerprint density at radius 3 is 2.53 bits per heavy atom. The number of hydrogen-bond acceptors (Lipinski definition) is 0. The van der Waals surface area contributed by atoms with Gasteiger partial charge in [0.2, 0.25) is 0 Å². The van der Waals surface area contributed by atoms with E-state index in [9.17, 15) is 0 Å². The second-order valence-corrected chi connectivity index (χ2v) is 5.85. The molecule has 0 heterocycles. The summed E-state index contributed by atoms with van der Waals surface area (Å²) < 4.78 is 0. The fraction of sp³-hybridized carbons (Fsp3) is 0.733. The minimum atomic E-state index is 0.841. The molecule has 0 N–H and O–H groups in total. The molecule has 15 heavy (non-hydrogen) atoms. The number of fused-ring (bicyclic) bond motifs is 1. The first-order chi connectivity index (χ1) is 7.09. The Balaban J connectivity index is 2.24. The summed E-state index contributed by atoms with van der Waals surface area (Å²) >= 11 is 0. The minimum absolute atomic E-state index is 0.841. The lowest BCUT2D eigenvalue weighted by Crippen LogP contribution is -2.32. The van der Waals surface area contributed by atoms with Gasteiger partial charge in [-0.1, -0.05) is 37.1 Å². The summed E-state index contributed by atoms with van der Waals surface area (Å²) in [5.41, 5.74) is 3.28. The molecule has 2 unspecified atom stereocenters. The third-order valence-corrected chi connectivity index (χ3v) is 4.50. The lowest BCUT2D eigenvalue weighted by atomic mass is 9.63. The lowest BCUT2D eigenvalue weighted by Gasteiger charge is -2.42. The standard InChI is InChI=1S/C15H24/c1-10(2)13-8-6-12(4)14-7-5-11(3)9-15(13)14/h5-6,10,13-15H,7-9H2,1-4H3/t13?,14-,15?/m0/s1. The predicted octanol–water partition coefficient (Wildman–Crippen LogP) is 4.58. The maximum Gasteiger partial charge on any atom is -0.0137 e. The van der Waals surface area contributed by atoms with E-state index in [0.29, 0.717) is 0 Å². The van der Waals surface area contributed by atoms with Crippen molar-refractivity contribution in [1.29, 1.82) is 0 Å². The van der Waals surface area contributed by atoms with Gasteiger partial charge in [0.05, 0.1) is 0 Å². The highest BCUT2D eigenvalue weighted by Gasteiger charge is 2.35. The van der Waals surface area contributed by atoms with Crippen molar-refractivity contribution in [2.24, 2.45) is 23.7 Å². The molecule has 0 aromatic heterocycles. The molecule has 0 fully saturated rings. The van der Waals surface area contributed by atoms with Crippen LogP contribution < -0.4 is 0 Å². The zero-order valence-corrected chi connectivity index (χ0v) is 10.6. The third-order valence-electron chi connectivity index (χ3n) is 4.50. The molecule has 0 amide bonds. The van der Waals surface area contributed by atoms with Gasteiger partial charge in [0, 0.05) is 0 Å². The van der Waals surface area contributed by atoms with Gasteiger partial charge >= 0.3 is 0 Å². The Morgan fingerprint density at radius 1 is 1.13 bits per heavy atom. The van der Waals surface area contributed by atoms with Gasteiger partial charge in [0.25, 0.3) is 0 Å². The monoisotopic (exact) mass is 204 g/mol. The fourth-order valence-electron chi connectivity index (χ4n) is 3.49. The van der Waals surface area contributed by atoms with Crippen molar-refractivity contribution in [2.45, 2.75) is 47.0 Å². The van der Waals surface area contributed by atoms with Gasteiger partial charge in [0.15, 0.2) is 0 Å². The molecule has 0 radical (unpaired) electrons. The average Bonchev–Trinajstić information content (AvgIpc) is 2.17. The molecule has 2 rings (SSSR count). The normalized spacial score (nSPS) is 35.9. The largest absolute Gasteiger partial charge is 0.0850 e. The van der Waals surface area contributed by atoms with E-state index < -0.39 is 0 Å². The first kappa shape index (κ1) is 11.0. The van der Waals surface area contributed by atoms with Crippen molar-refractivity contribution >= 4 is 0 Å². The van der Waals surface area contributed by atoms with Gasteiger partial charge < -0.3 is 0 Å². The summed E-state index contributed by atoms with van der Waals surface area (Å²) in [6.07, 6.45) is 8.92. The van der Waals surface area contributed by atoms with E-state index in [4.69, 9.17) is 0 Å². The summed E-state index contributed by atoms with van der Waals surface area (Å²) in [6, 6.07) is 0. The summed E-state index contributed by atoms with van der Waals surface area (Å²) in [6.45, 7) is 9.43. The molecular formula is C15H24. The van der Waals surface area contributed by atoms with Gasteiger partial charge in [-0.15, -0.1) is 0 Å². The summed E-state index contributed by atoms with van der Waals surface area (Å²) in [5.74, 6) is 3.55. The Morgan fingerprint density at radius 2 is 1.87 bits per heavy atom. The molecule has 0 saturated heterocycles. The van der Waals surface area contributed by atoms with Gasteiger partial charge in [-0.25, -0.2) is 0 Å². The molecule has 0 aromatic carbocycles. The number of rotatable bonds is 1. The maximum atomic E-state index is 2.50. The first-order valence-corrected chi connectivity index (χ1v) is 6.42. The van der Waals surface area contributed by atoms with E-state index in [-0.39, 0.29) is 0 Å². The highest BCUT2D eigenvalue weighted by molar-refractivity contribution is 5.19. The summed E-state index contributed by atoms with van der Waals surface area (Å²) in [5, 5.41) is 0. The molecule has 0 aromatic rings. The van der Waals surface area contributed by atoms with E-state index in [1.165, 1.54) is 19.3 Å². The van der Waals surface area contributed by atoms with Gasteiger partial charge in [0.1, 0.15) is 0 Å². The van der Waals surface area contributed by atoms with Crippen LogP contribution in [0.3, 0.4) is 0 Å². The van der Waals surface area contributed by atoms with Gasteiger partial charge in [-0.2, -0.15) is 0 Å². The van der Waals surface area contributed by atoms with Crippen LogP contribution >= 0.6 is 0 Å². The van der Waals surface area contributed by atoms with Gasteiger partial charge in [-0.05, 0) is 56.8 Å². The molecular weight excluding hydrogens is 180 g/mol. The number of hydrogen-bond donors (Lipinski definition) is 0. The molecule has 0 spiro atoms. The van der Waals surface area contributed by atoms with Crippen molar-refractivity contribution in [3.05, 3.63) is 23.3 Å². The van der Waals surface area contributed by atoms with Crippen LogP contribution in [0.15, 0.2) is 23.3 Å². The molecule has 2 aliphatic carbocycles. The molecule has 0 nitrogen and oxygen atoms in total. The summed E-state index contributed by atoms with van der Waals surface area (Å²) in [4.78, 5) is 0. The highest BCUT2D eigenvalue weighted by atomic mass is 14.4. The molecule has 84 valence electrons. The second kappa shape index (κ2) is 4.15. The van der Waals surface area contributed by atoms with Crippen LogP contribution in [0.5, 0.6) is 0 Å². The van der Waals surface area contributed by atoms with E-state index in [0.717, 1.165) is 23.7 Å². The SMILES string of the molecule is CC1=CC[C@H]2C(C)=CCC(C(C)C)C2C1. The van der Waals surface area contributed by atoms with Crippen LogP contribution in [0.25, 0.3) is 0 Å². The molecule has 0 saturated carbocycles. The third kappa shape index (κ3) is 2.04. The quantitative estimate of drug-likeness (QED) is 0.548. The first-order valence-electron chi connectivity index (χ1n) is 6.42. The topological polar surface area (TPSA) is 0 Å². The smallest absolute Gasteiger partial charge is 0.0137 e. The average molecular weight is 204 g/mol. The Labute approximate surface area is 94.5 Å². The Bertz CT molecular complexity index is 293. The molecule has 0 aliphatic heterocycles. The lowest BCUT2D eigenvalue weighted by molar-refractivity contribution is 0.175. The van der Waals surface area contributed by atoms with Crippen molar-refractivity contribution < 1.29 is 0 Å². The molecule has 2 aliphatic rings.